The Bertz CT molecular complexity index is 395. The van der Waals surface area contributed by atoms with Crippen molar-refractivity contribution in [3.05, 3.63) is 0 Å². The average Bonchev–Trinajstić information content (AvgIpc) is 2.53. The molecule has 4 aliphatic rings. The monoisotopic (exact) mass is 252 g/mol. The van der Waals surface area contributed by atoms with Gasteiger partial charge in [0, 0.05) is 12.3 Å². The molecular formula is C15H24O3. The average molecular weight is 252 g/mol. The lowest BCUT2D eigenvalue weighted by Crippen LogP contribution is -2.59. The molecule has 4 rings (SSSR count). The molecule has 3 nitrogen and oxygen atoms in total. The zero-order chi connectivity index (χ0) is 12.8. The van der Waals surface area contributed by atoms with Crippen LogP contribution in [0.5, 0.6) is 0 Å². The van der Waals surface area contributed by atoms with Crippen LogP contribution in [0.15, 0.2) is 0 Å². The molecule has 4 fully saturated rings. The second-order valence-electron chi connectivity index (χ2n) is 7.45. The van der Waals surface area contributed by atoms with Crippen LogP contribution in [0.3, 0.4) is 0 Å². The van der Waals surface area contributed by atoms with Gasteiger partial charge in [0.15, 0.2) is 12.1 Å². The first-order chi connectivity index (χ1) is 8.40. The minimum Gasteiger partial charge on any atom is -0.343 e. The van der Waals surface area contributed by atoms with Gasteiger partial charge in [-0.05, 0) is 44.9 Å². The van der Waals surface area contributed by atoms with Crippen molar-refractivity contribution in [3.8, 4) is 0 Å². The molecule has 0 N–H and O–H groups in total. The fraction of sp³-hybridized carbons (Fsp3) is 1.00. The molecule has 18 heavy (non-hydrogen) atoms. The van der Waals surface area contributed by atoms with E-state index in [0.717, 1.165) is 12.8 Å². The van der Waals surface area contributed by atoms with Gasteiger partial charge >= 0.3 is 0 Å². The van der Waals surface area contributed by atoms with Crippen LogP contribution >= 0.6 is 0 Å². The molecule has 3 heteroatoms. The Morgan fingerprint density at radius 1 is 1.06 bits per heavy atom. The Labute approximate surface area is 109 Å². The first-order valence-electron chi connectivity index (χ1n) is 7.45. The summed E-state index contributed by atoms with van der Waals surface area (Å²) in [5.41, 5.74) is -0.175. The standard InChI is InChI=1S/C15H24O3/c1-9(2)10-5-7-13(3)11-6-8-14(4)17-12(16-13)15(10,11)18-14/h9-12H,5-8H2,1-4H3. The molecule has 6 atom stereocenters. The Balaban J connectivity index is 1.85. The maximum Gasteiger partial charge on any atom is 0.191 e. The van der Waals surface area contributed by atoms with E-state index in [4.69, 9.17) is 14.2 Å². The summed E-state index contributed by atoms with van der Waals surface area (Å²) < 4.78 is 19.0. The van der Waals surface area contributed by atoms with Gasteiger partial charge in [-0.1, -0.05) is 13.8 Å². The highest BCUT2D eigenvalue weighted by atomic mass is 16.8. The Kier molecular flexibility index (Phi) is 2.03. The molecule has 3 heterocycles. The molecule has 3 saturated heterocycles. The van der Waals surface area contributed by atoms with Crippen molar-refractivity contribution in [2.24, 2.45) is 17.8 Å². The lowest BCUT2D eigenvalue weighted by molar-refractivity contribution is -0.280. The van der Waals surface area contributed by atoms with Gasteiger partial charge in [0.1, 0.15) is 5.60 Å². The molecule has 1 spiro atoms. The van der Waals surface area contributed by atoms with Gasteiger partial charge in [-0.3, -0.25) is 0 Å². The molecule has 6 unspecified atom stereocenters. The maximum absolute atomic E-state index is 6.52. The lowest BCUT2D eigenvalue weighted by atomic mass is 9.59. The number of ether oxygens (including phenoxy) is 3. The Morgan fingerprint density at radius 3 is 2.56 bits per heavy atom. The largest absolute Gasteiger partial charge is 0.343 e. The fourth-order valence-electron chi connectivity index (χ4n) is 5.23. The Hall–Kier alpha value is -0.120. The van der Waals surface area contributed by atoms with Crippen LogP contribution in [0.1, 0.15) is 53.4 Å². The summed E-state index contributed by atoms with van der Waals surface area (Å²) in [6.07, 6.45) is 4.43. The van der Waals surface area contributed by atoms with Gasteiger partial charge in [-0.25, -0.2) is 0 Å². The third-order valence-corrected chi connectivity index (χ3v) is 6.00. The maximum atomic E-state index is 6.52. The third-order valence-electron chi connectivity index (χ3n) is 6.00. The second-order valence-corrected chi connectivity index (χ2v) is 7.45. The smallest absolute Gasteiger partial charge is 0.191 e. The number of fused-ring (bicyclic) bond motifs is 1. The quantitative estimate of drug-likeness (QED) is 0.718. The number of hydrogen-bond acceptors (Lipinski definition) is 3. The summed E-state index contributed by atoms with van der Waals surface area (Å²) in [7, 11) is 0. The van der Waals surface area contributed by atoms with Crippen LogP contribution in [-0.4, -0.2) is 23.3 Å². The third kappa shape index (κ3) is 1.13. The van der Waals surface area contributed by atoms with Gasteiger partial charge < -0.3 is 14.2 Å². The first-order valence-corrected chi connectivity index (χ1v) is 7.45. The highest BCUT2D eigenvalue weighted by molar-refractivity contribution is 5.19. The van der Waals surface area contributed by atoms with Crippen LogP contribution in [0.4, 0.5) is 0 Å². The highest BCUT2D eigenvalue weighted by Gasteiger charge is 2.76. The van der Waals surface area contributed by atoms with E-state index < -0.39 is 5.79 Å². The zero-order valence-corrected chi connectivity index (χ0v) is 11.9. The second kappa shape index (κ2) is 3.13. The Morgan fingerprint density at radius 2 is 1.83 bits per heavy atom. The van der Waals surface area contributed by atoms with E-state index >= 15 is 0 Å². The summed E-state index contributed by atoms with van der Waals surface area (Å²) in [5, 5.41) is 0. The summed E-state index contributed by atoms with van der Waals surface area (Å²) >= 11 is 0. The van der Waals surface area contributed by atoms with Gasteiger partial charge in [0.05, 0.1) is 5.60 Å². The van der Waals surface area contributed by atoms with Crippen LogP contribution in [0.2, 0.25) is 0 Å². The summed E-state index contributed by atoms with van der Waals surface area (Å²) in [5.74, 6) is 1.33. The SMILES string of the molecule is CC(C)C1CCC2(C)OC3OC4(C)CCC2C31O4. The number of rotatable bonds is 1. The molecule has 1 saturated carbocycles. The van der Waals surface area contributed by atoms with Crippen LogP contribution < -0.4 is 0 Å². The van der Waals surface area contributed by atoms with Crippen LogP contribution in [0, 0.1) is 17.8 Å². The minimum absolute atomic E-state index is 0.0161. The summed E-state index contributed by atoms with van der Waals surface area (Å²) in [6.45, 7) is 8.98. The van der Waals surface area contributed by atoms with E-state index in [-0.39, 0.29) is 17.5 Å². The van der Waals surface area contributed by atoms with Crippen molar-refractivity contribution in [3.63, 3.8) is 0 Å². The molecule has 0 radical (unpaired) electrons. The predicted molar refractivity (Wildman–Crippen MR) is 66.9 cm³/mol. The lowest BCUT2D eigenvalue weighted by Gasteiger charge is -2.52. The van der Waals surface area contributed by atoms with E-state index in [1.807, 2.05) is 0 Å². The summed E-state index contributed by atoms with van der Waals surface area (Å²) in [4.78, 5) is 0. The van der Waals surface area contributed by atoms with Gasteiger partial charge in [-0.2, -0.15) is 0 Å². The van der Waals surface area contributed by atoms with Crippen LogP contribution in [0.25, 0.3) is 0 Å². The number of hydrogen-bond donors (Lipinski definition) is 0. The van der Waals surface area contributed by atoms with Crippen molar-refractivity contribution in [2.45, 2.75) is 76.7 Å². The van der Waals surface area contributed by atoms with Crippen molar-refractivity contribution < 1.29 is 14.2 Å². The first kappa shape index (κ1) is 11.7. The van der Waals surface area contributed by atoms with E-state index in [1.165, 1.54) is 12.8 Å². The van der Waals surface area contributed by atoms with Gasteiger partial charge in [0.2, 0.25) is 0 Å². The van der Waals surface area contributed by atoms with Crippen molar-refractivity contribution in [1.29, 1.82) is 0 Å². The molecule has 102 valence electrons. The molecule has 0 aromatic carbocycles. The summed E-state index contributed by atoms with van der Waals surface area (Å²) in [6, 6.07) is 0. The van der Waals surface area contributed by atoms with E-state index in [2.05, 4.69) is 27.7 Å². The van der Waals surface area contributed by atoms with E-state index in [9.17, 15) is 0 Å². The van der Waals surface area contributed by atoms with Crippen molar-refractivity contribution >= 4 is 0 Å². The molecular weight excluding hydrogens is 228 g/mol. The predicted octanol–water partition coefficient (Wildman–Crippen LogP) is 3.08. The zero-order valence-electron chi connectivity index (χ0n) is 11.9. The van der Waals surface area contributed by atoms with Gasteiger partial charge in [0.25, 0.3) is 0 Å². The van der Waals surface area contributed by atoms with Crippen molar-refractivity contribution in [1.82, 2.24) is 0 Å². The van der Waals surface area contributed by atoms with E-state index in [0.29, 0.717) is 17.8 Å². The highest BCUT2D eigenvalue weighted by Crippen LogP contribution is 2.67. The molecule has 1 aliphatic carbocycles. The fourth-order valence-corrected chi connectivity index (χ4v) is 5.23. The topological polar surface area (TPSA) is 27.7 Å². The molecule has 0 aromatic rings. The normalized spacial score (nSPS) is 61.5. The van der Waals surface area contributed by atoms with Gasteiger partial charge in [-0.15, -0.1) is 0 Å². The van der Waals surface area contributed by atoms with E-state index in [1.54, 1.807) is 0 Å². The minimum atomic E-state index is -0.396. The molecule has 0 aromatic heterocycles. The molecule has 3 aliphatic heterocycles. The molecule has 0 amide bonds. The molecule has 3 bridgehead atoms. The van der Waals surface area contributed by atoms with Crippen LogP contribution in [-0.2, 0) is 14.2 Å². The van der Waals surface area contributed by atoms with Crippen molar-refractivity contribution in [2.75, 3.05) is 0 Å².